The predicted molar refractivity (Wildman–Crippen MR) is 125 cm³/mol. The Labute approximate surface area is 191 Å². The van der Waals surface area contributed by atoms with Gasteiger partial charge < -0.3 is 10.1 Å². The number of sulfonamides is 1. The van der Waals surface area contributed by atoms with Crippen molar-refractivity contribution >= 4 is 37.5 Å². The zero-order valence-electron chi connectivity index (χ0n) is 17.2. The number of anilines is 1. The molecule has 1 amide bonds. The highest BCUT2D eigenvalue weighted by Gasteiger charge is 2.27. The molecule has 0 saturated carbocycles. The van der Waals surface area contributed by atoms with E-state index in [9.17, 15) is 13.2 Å². The molecule has 3 rings (SSSR count). The molecule has 0 aromatic heterocycles. The van der Waals surface area contributed by atoms with Gasteiger partial charge in [0.05, 0.1) is 23.7 Å². The van der Waals surface area contributed by atoms with Crippen molar-refractivity contribution in [2.24, 2.45) is 0 Å². The Hall–Kier alpha value is -2.84. The number of carbonyl (C=O) groups excluding carboxylic acids is 1. The Morgan fingerprint density at radius 1 is 1.03 bits per heavy atom. The zero-order valence-corrected chi connectivity index (χ0v) is 19.6. The summed E-state index contributed by atoms with van der Waals surface area (Å²) in [6.45, 7) is 1.49. The van der Waals surface area contributed by atoms with E-state index in [4.69, 9.17) is 4.74 Å². The van der Waals surface area contributed by atoms with E-state index in [1.54, 1.807) is 49.6 Å². The third kappa shape index (κ3) is 5.65. The summed E-state index contributed by atoms with van der Waals surface area (Å²) in [6.07, 6.45) is 0. The number of nitrogens with zero attached hydrogens (tertiary/aromatic N) is 1. The van der Waals surface area contributed by atoms with Gasteiger partial charge in [-0.1, -0.05) is 52.3 Å². The number of hydrogen-bond acceptors (Lipinski definition) is 4. The van der Waals surface area contributed by atoms with Crippen LogP contribution in [0.15, 0.2) is 88.2 Å². The van der Waals surface area contributed by atoms with E-state index in [2.05, 4.69) is 21.2 Å². The Kier molecular flexibility index (Phi) is 7.35. The number of amides is 1. The lowest BCUT2D eigenvalue weighted by atomic mass is 10.1. The van der Waals surface area contributed by atoms with Crippen molar-refractivity contribution in [3.8, 4) is 5.75 Å². The third-order valence-corrected chi connectivity index (χ3v) is 6.99. The van der Waals surface area contributed by atoms with E-state index in [0.717, 1.165) is 15.6 Å². The van der Waals surface area contributed by atoms with Crippen molar-refractivity contribution in [1.29, 1.82) is 0 Å². The Morgan fingerprint density at radius 3 is 2.32 bits per heavy atom. The maximum absolute atomic E-state index is 13.3. The molecule has 0 aliphatic heterocycles. The van der Waals surface area contributed by atoms with Crippen LogP contribution in [0.5, 0.6) is 5.75 Å². The van der Waals surface area contributed by atoms with Gasteiger partial charge in [-0.2, -0.15) is 0 Å². The van der Waals surface area contributed by atoms with Gasteiger partial charge in [0.1, 0.15) is 12.3 Å². The maximum Gasteiger partial charge on any atom is 0.264 e. The molecule has 6 nitrogen and oxygen atoms in total. The van der Waals surface area contributed by atoms with E-state index in [1.807, 2.05) is 31.2 Å². The van der Waals surface area contributed by atoms with Gasteiger partial charge in [0.2, 0.25) is 5.91 Å². The van der Waals surface area contributed by atoms with Crippen LogP contribution in [-0.2, 0) is 14.8 Å². The van der Waals surface area contributed by atoms with Crippen molar-refractivity contribution in [2.45, 2.75) is 17.9 Å². The SMILES string of the molecule is COc1ccc([C@@H](C)NC(=O)CN(c2cccc(Br)c2)S(=O)(=O)c2ccccc2)cc1. The lowest BCUT2D eigenvalue weighted by molar-refractivity contribution is -0.120. The van der Waals surface area contributed by atoms with E-state index in [1.165, 1.54) is 12.1 Å². The molecule has 31 heavy (non-hydrogen) atoms. The normalized spacial score (nSPS) is 12.1. The largest absolute Gasteiger partial charge is 0.497 e. The summed E-state index contributed by atoms with van der Waals surface area (Å²) in [5.41, 5.74) is 1.28. The van der Waals surface area contributed by atoms with Crippen LogP contribution < -0.4 is 14.4 Å². The average Bonchev–Trinajstić information content (AvgIpc) is 2.78. The smallest absolute Gasteiger partial charge is 0.264 e. The van der Waals surface area contributed by atoms with Crippen molar-refractivity contribution < 1.29 is 17.9 Å². The molecule has 0 heterocycles. The number of rotatable bonds is 8. The average molecular weight is 503 g/mol. The predicted octanol–water partition coefficient (Wildman–Crippen LogP) is 4.53. The molecule has 8 heteroatoms. The molecular weight excluding hydrogens is 480 g/mol. The van der Waals surface area contributed by atoms with Crippen molar-refractivity contribution in [1.82, 2.24) is 5.32 Å². The summed E-state index contributed by atoms with van der Waals surface area (Å²) >= 11 is 3.37. The standard InChI is InChI=1S/C23H23BrN2O4S/c1-17(18-11-13-21(30-2)14-12-18)25-23(27)16-26(20-8-6-7-19(24)15-20)31(28,29)22-9-4-3-5-10-22/h3-15,17H,16H2,1-2H3,(H,25,27)/t17-/m1/s1. The summed E-state index contributed by atoms with van der Waals surface area (Å²) in [5.74, 6) is 0.305. The van der Waals surface area contributed by atoms with Crippen molar-refractivity contribution in [2.75, 3.05) is 18.0 Å². The quantitative estimate of drug-likeness (QED) is 0.490. The number of benzene rings is 3. The minimum absolute atomic E-state index is 0.117. The van der Waals surface area contributed by atoms with Gasteiger partial charge in [-0.05, 0) is 55.0 Å². The van der Waals surface area contributed by atoms with Gasteiger partial charge in [-0.25, -0.2) is 8.42 Å². The molecule has 0 aliphatic carbocycles. The van der Waals surface area contributed by atoms with Crippen LogP contribution in [0.2, 0.25) is 0 Å². The molecule has 162 valence electrons. The minimum atomic E-state index is -3.94. The number of hydrogen-bond donors (Lipinski definition) is 1. The molecule has 0 bridgehead atoms. The first-order valence-corrected chi connectivity index (χ1v) is 11.8. The van der Waals surface area contributed by atoms with Crippen LogP contribution in [0.25, 0.3) is 0 Å². The van der Waals surface area contributed by atoms with E-state index < -0.39 is 15.9 Å². The van der Waals surface area contributed by atoms with Crippen LogP contribution in [0.4, 0.5) is 5.69 Å². The fourth-order valence-corrected chi connectivity index (χ4v) is 4.88. The lowest BCUT2D eigenvalue weighted by Crippen LogP contribution is -2.41. The minimum Gasteiger partial charge on any atom is -0.497 e. The molecule has 0 saturated heterocycles. The molecule has 3 aromatic carbocycles. The van der Waals surface area contributed by atoms with Gasteiger partial charge in [0.25, 0.3) is 10.0 Å². The number of methoxy groups -OCH3 is 1. The van der Waals surface area contributed by atoms with Crippen molar-refractivity contribution in [3.63, 3.8) is 0 Å². The number of carbonyl (C=O) groups is 1. The molecule has 3 aromatic rings. The summed E-state index contributed by atoms with van der Waals surface area (Å²) < 4.78 is 33.6. The highest BCUT2D eigenvalue weighted by molar-refractivity contribution is 9.10. The van der Waals surface area contributed by atoms with E-state index in [0.29, 0.717) is 10.2 Å². The molecule has 1 atom stereocenters. The van der Waals surface area contributed by atoms with Crippen LogP contribution >= 0.6 is 15.9 Å². The van der Waals surface area contributed by atoms with Crippen LogP contribution in [0.3, 0.4) is 0 Å². The first-order valence-electron chi connectivity index (χ1n) is 9.58. The van der Waals surface area contributed by atoms with Gasteiger partial charge in [-0.3, -0.25) is 9.10 Å². The second kappa shape index (κ2) is 9.98. The van der Waals surface area contributed by atoms with Gasteiger partial charge in [0.15, 0.2) is 0 Å². The number of ether oxygens (including phenoxy) is 1. The summed E-state index contributed by atoms with van der Waals surface area (Å²) in [4.78, 5) is 13.0. The highest BCUT2D eigenvalue weighted by atomic mass is 79.9. The number of halogens is 1. The molecule has 0 spiro atoms. The molecule has 0 unspecified atom stereocenters. The Morgan fingerprint density at radius 2 is 1.71 bits per heavy atom. The second-order valence-corrected chi connectivity index (χ2v) is 9.64. The van der Waals surface area contributed by atoms with Crippen LogP contribution in [0.1, 0.15) is 18.5 Å². The van der Waals surface area contributed by atoms with Gasteiger partial charge in [0, 0.05) is 4.47 Å². The topological polar surface area (TPSA) is 75.7 Å². The van der Waals surface area contributed by atoms with Crippen LogP contribution in [0, 0.1) is 0 Å². The van der Waals surface area contributed by atoms with Gasteiger partial charge in [-0.15, -0.1) is 0 Å². The molecular formula is C23H23BrN2O4S. The summed E-state index contributed by atoms with van der Waals surface area (Å²) in [5, 5.41) is 2.87. The first kappa shape index (κ1) is 22.8. The zero-order chi connectivity index (χ0) is 22.4. The Balaban J connectivity index is 1.85. The third-order valence-electron chi connectivity index (χ3n) is 4.71. The number of nitrogens with one attached hydrogen (secondary N) is 1. The van der Waals surface area contributed by atoms with E-state index in [-0.39, 0.29) is 17.5 Å². The fraction of sp³-hybridized carbons (Fsp3) is 0.174. The second-order valence-electron chi connectivity index (χ2n) is 6.87. The molecule has 0 radical (unpaired) electrons. The fourth-order valence-electron chi connectivity index (χ4n) is 3.06. The van der Waals surface area contributed by atoms with Gasteiger partial charge >= 0.3 is 0 Å². The van der Waals surface area contributed by atoms with Crippen molar-refractivity contribution in [3.05, 3.63) is 88.9 Å². The molecule has 0 fully saturated rings. The summed E-state index contributed by atoms with van der Waals surface area (Å²) in [6, 6.07) is 21.9. The first-order chi connectivity index (χ1) is 14.8. The molecule has 1 N–H and O–H groups in total. The monoisotopic (exact) mass is 502 g/mol. The lowest BCUT2D eigenvalue weighted by Gasteiger charge is -2.25. The van der Waals surface area contributed by atoms with E-state index >= 15 is 0 Å². The summed E-state index contributed by atoms with van der Waals surface area (Å²) in [7, 11) is -2.35. The maximum atomic E-state index is 13.3. The molecule has 0 aliphatic rings. The highest BCUT2D eigenvalue weighted by Crippen LogP contribution is 2.26. The Bertz CT molecular complexity index is 1140. The van der Waals surface area contributed by atoms with Crippen LogP contribution in [-0.4, -0.2) is 28.0 Å².